The Kier molecular flexibility index (Phi) is 4.41. The summed E-state index contributed by atoms with van der Waals surface area (Å²) in [5, 5.41) is 3.98. The predicted molar refractivity (Wildman–Crippen MR) is 79.0 cm³/mol. The lowest BCUT2D eigenvalue weighted by Crippen LogP contribution is -2.20. The molecule has 0 amide bonds. The first-order valence-corrected chi connectivity index (χ1v) is 8.03. The summed E-state index contributed by atoms with van der Waals surface area (Å²) in [5.74, 6) is 0.234. The maximum absolute atomic E-state index is 12.4. The highest BCUT2D eigenvalue weighted by Crippen LogP contribution is 2.29. The van der Waals surface area contributed by atoms with Crippen LogP contribution in [0.1, 0.15) is 6.92 Å². The van der Waals surface area contributed by atoms with Crippen LogP contribution in [0, 0.1) is 0 Å². The van der Waals surface area contributed by atoms with Crippen molar-refractivity contribution < 1.29 is 13.5 Å². The van der Waals surface area contributed by atoms with Crippen LogP contribution in [0.4, 0.5) is 5.69 Å². The summed E-state index contributed by atoms with van der Waals surface area (Å²) in [7, 11) is -2.04. The summed E-state index contributed by atoms with van der Waals surface area (Å²) in [6, 6.07) is 1.62. The van der Waals surface area contributed by atoms with Gasteiger partial charge in [-0.25, -0.2) is 4.98 Å². The second-order valence-corrected chi connectivity index (χ2v) is 6.51. The second-order valence-electron chi connectivity index (χ2n) is 3.87. The first kappa shape index (κ1) is 14.9. The van der Waals surface area contributed by atoms with E-state index in [1.54, 1.807) is 10.7 Å². The second kappa shape index (κ2) is 5.90. The number of hydrogen-bond donors (Lipinski definition) is 2. The van der Waals surface area contributed by atoms with E-state index in [2.05, 4.69) is 30.7 Å². The highest BCUT2D eigenvalue weighted by Gasteiger charge is 2.33. The van der Waals surface area contributed by atoms with Gasteiger partial charge in [-0.2, -0.15) is 14.4 Å². The molecule has 2 aromatic rings. The zero-order valence-electron chi connectivity index (χ0n) is 10.9. The third-order valence-corrected chi connectivity index (χ3v) is 4.29. The maximum Gasteiger partial charge on any atom is 0.349 e. The smallest absolute Gasteiger partial charge is 0.349 e. The van der Waals surface area contributed by atoms with Crippen LogP contribution in [0.3, 0.4) is 0 Å². The Balaban J connectivity index is 2.32. The van der Waals surface area contributed by atoms with Crippen molar-refractivity contribution in [3.8, 4) is 5.88 Å². The molecule has 0 saturated heterocycles. The van der Waals surface area contributed by atoms with Crippen molar-refractivity contribution in [1.29, 1.82) is 0 Å². The van der Waals surface area contributed by atoms with Crippen molar-refractivity contribution in [2.75, 3.05) is 11.8 Å². The number of aromatic nitrogens is 3. The third-order valence-electron chi connectivity index (χ3n) is 2.51. The van der Waals surface area contributed by atoms with Gasteiger partial charge in [-0.1, -0.05) is 0 Å². The van der Waals surface area contributed by atoms with Gasteiger partial charge in [0.1, 0.15) is 11.9 Å². The highest BCUT2D eigenvalue weighted by molar-refractivity contribution is 9.10. The van der Waals surface area contributed by atoms with Gasteiger partial charge < -0.3 is 4.74 Å². The maximum atomic E-state index is 12.4. The summed E-state index contributed by atoms with van der Waals surface area (Å²) in [4.78, 5) is 4.20. The molecule has 0 saturated carbocycles. The van der Waals surface area contributed by atoms with Crippen LogP contribution < -0.4 is 9.46 Å². The summed E-state index contributed by atoms with van der Waals surface area (Å²) in [6.07, 6.45) is 4.42. The van der Waals surface area contributed by atoms with E-state index < -0.39 is 10.4 Å². The number of nitrogens with one attached hydrogen (secondary N) is 1. The monoisotopic (exact) mass is 361 g/mol. The van der Waals surface area contributed by atoms with Crippen LogP contribution in [0.25, 0.3) is 0 Å². The molecule has 2 rings (SSSR count). The molecule has 108 valence electrons. The molecular weight excluding hydrogens is 348 g/mol. The normalized spacial score (nSPS) is 13.8. The van der Waals surface area contributed by atoms with Crippen LogP contribution in [0.2, 0.25) is 0 Å². The van der Waals surface area contributed by atoms with E-state index in [1.807, 2.05) is 6.92 Å². The Morgan fingerprint density at radius 1 is 1.55 bits per heavy atom. The van der Waals surface area contributed by atoms with Crippen LogP contribution >= 0.6 is 15.9 Å². The lowest BCUT2D eigenvalue weighted by Gasteiger charge is -2.08. The van der Waals surface area contributed by atoms with Crippen molar-refractivity contribution in [3.05, 3.63) is 29.1 Å². The molecule has 0 radical (unpaired) electrons. The molecule has 2 N–H and O–H groups in total. The van der Waals surface area contributed by atoms with E-state index in [0.29, 0.717) is 16.7 Å². The number of aryl methyl sites for hydroxylation is 1. The van der Waals surface area contributed by atoms with Crippen LogP contribution in [-0.4, -0.2) is 26.4 Å². The largest absolute Gasteiger partial charge is 0.479 e. The van der Waals surface area contributed by atoms with Gasteiger partial charge in [0, 0.05) is 17.2 Å². The van der Waals surface area contributed by atoms with Crippen molar-refractivity contribution in [3.63, 3.8) is 0 Å². The van der Waals surface area contributed by atoms with Gasteiger partial charge in [-0.3, -0.25) is 4.68 Å². The van der Waals surface area contributed by atoms with Gasteiger partial charge in [0.15, 0.2) is 0 Å². The standard InChI is InChI=1S/C11H13BrN4O3S/c1-3-16-7-9(6-14-16)20(17,18)15-10-4-8(12)5-13-11(10)19-2/h4-7H,3H2,1-2H3,(H-,15,17,18)/p+1. The lowest BCUT2D eigenvalue weighted by molar-refractivity contribution is 0.399. The topological polar surface area (TPSA) is 89.3 Å². The summed E-state index contributed by atoms with van der Waals surface area (Å²) in [5.41, 5.74) is 0.318. The van der Waals surface area contributed by atoms with Crippen molar-refractivity contribution in [2.24, 2.45) is 0 Å². The van der Waals surface area contributed by atoms with E-state index >= 15 is 0 Å². The van der Waals surface area contributed by atoms with E-state index in [4.69, 9.17) is 4.74 Å². The van der Waals surface area contributed by atoms with Crippen molar-refractivity contribution in [2.45, 2.75) is 18.4 Å². The van der Waals surface area contributed by atoms with Gasteiger partial charge in [0.05, 0.1) is 13.3 Å². The average Bonchev–Trinajstić information content (AvgIpc) is 2.88. The van der Waals surface area contributed by atoms with E-state index in [0.717, 1.165) is 0 Å². The molecule has 0 aliphatic rings. The Morgan fingerprint density at radius 2 is 2.30 bits per heavy atom. The quantitative estimate of drug-likeness (QED) is 0.798. The molecule has 2 heterocycles. The lowest BCUT2D eigenvalue weighted by atomic mass is 10.4. The van der Waals surface area contributed by atoms with E-state index in [-0.39, 0.29) is 10.8 Å². The number of rotatable bonds is 5. The van der Waals surface area contributed by atoms with Crippen molar-refractivity contribution >= 4 is 32.0 Å². The Morgan fingerprint density at radius 3 is 2.90 bits per heavy atom. The Labute approximate surface area is 125 Å². The number of pyridine rings is 1. The van der Waals surface area contributed by atoms with Gasteiger partial charge in [-0.15, -0.1) is 0 Å². The zero-order chi connectivity index (χ0) is 14.8. The molecule has 2 aromatic heterocycles. The van der Waals surface area contributed by atoms with Crippen LogP contribution in [-0.2, 0) is 21.2 Å². The fourth-order valence-electron chi connectivity index (χ4n) is 1.53. The van der Waals surface area contributed by atoms with Gasteiger partial charge in [-0.05, 0) is 33.1 Å². The Bertz CT molecular complexity index is 661. The number of halogens is 1. The van der Waals surface area contributed by atoms with Crippen LogP contribution in [0.15, 0.2) is 34.0 Å². The molecule has 0 spiro atoms. The zero-order valence-corrected chi connectivity index (χ0v) is 13.3. The Hall–Kier alpha value is -1.45. The molecule has 0 bridgehead atoms. The number of methoxy groups -OCH3 is 1. The molecule has 0 aliphatic heterocycles. The fourth-order valence-corrected chi connectivity index (χ4v) is 2.88. The summed E-state index contributed by atoms with van der Waals surface area (Å²) >= 11 is 3.26. The van der Waals surface area contributed by atoms with Gasteiger partial charge in [0.2, 0.25) is 5.88 Å². The van der Waals surface area contributed by atoms with Crippen molar-refractivity contribution in [1.82, 2.24) is 14.8 Å². The number of ether oxygens (including phenoxy) is 1. The fraction of sp³-hybridized carbons (Fsp3) is 0.273. The number of nitrogens with zero attached hydrogens (tertiary/aromatic N) is 3. The number of hydrogen-bond acceptors (Lipinski definition) is 4. The molecule has 1 unspecified atom stereocenters. The average molecular weight is 362 g/mol. The molecule has 0 aliphatic carbocycles. The van der Waals surface area contributed by atoms with E-state index in [9.17, 15) is 8.76 Å². The molecule has 9 heteroatoms. The van der Waals surface area contributed by atoms with Gasteiger partial charge >= 0.3 is 10.4 Å². The van der Waals surface area contributed by atoms with E-state index in [1.165, 1.54) is 25.7 Å². The predicted octanol–water partition coefficient (Wildman–Crippen LogP) is 2.43. The molecule has 0 fully saturated rings. The highest BCUT2D eigenvalue weighted by atomic mass is 79.9. The number of anilines is 1. The minimum absolute atomic E-state index is 0.196. The minimum atomic E-state index is -3.48. The molecule has 7 nitrogen and oxygen atoms in total. The SMILES string of the molecule is CCn1cc([S+](=O)(O)Nc2cc(Br)cnc2OC)cn1. The molecule has 1 atom stereocenters. The molecule has 20 heavy (non-hydrogen) atoms. The van der Waals surface area contributed by atoms with Crippen LogP contribution in [0.5, 0.6) is 5.88 Å². The third kappa shape index (κ3) is 3.17. The summed E-state index contributed by atoms with van der Waals surface area (Å²) in [6.45, 7) is 2.52. The summed E-state index contributed by atoms with van der Waals surface area (Å²) < 4.78 is 32.3. The molecule has 0 aromatic carbocycles. The molecular formula is C11H14BrN4O3S+. The first-order valence-electron chi connectivity index (χ1n) is 5.72. The minimum Gasteiger partial charge on any atom is -0.479 e. The first-order chi connectivity index (χ1) is 9.46. The van der Waals surface area contributed by atoms with Gasteiger partial charge in [0.25, 0.3) is 4.90 Å².